The summed E-state index contributed by atoms with van der Waals surface area (Å²) in [6, 6.07) is 5.57. The zero-order chi connectivity index (χ0) is 13.1. The van der Waals surface area contributed by atoms with Gasteiger partial charge in [0, 0.05) is 35.6 Å². The van der Waals surface area contributed by atoms with Crippen LogP contribution in [-0.2, 0) is 6.61 Å². The number of nitrogens with zero attached hydrogens (tertiary/aromatic N) is 1. The highest BCUT2D eigenvalue weighted by Crippen LogP contribution is 2.29. The molecule has 2 rings (SSSR count). The van der Waals surface area contributed by atoms with Crippen molar-refractivity contribution in [2.45, 2.75) is 31.5 Å². The van der Waals surface area contributed by atoms with E-state index in [1.165, 1.54) is 0 Å². The molecule has 18 heavy (non-hydrogen) atoms. The molecule has 1 aromatic carbocycles. The normalized spacial score (nSPS) is 21.3. The monoisotopic (exact) mass is 251 g/mol. The number of anilines is 2. The van der Waals surface area contributed by atoms with Crippen LogP contribution in [0.3, 0.4) is 0 Å². The summed E-state index contributed by atoms with van der Waals surface area (Å²) < 4.78 is 0. The number of rotatable bonds is 4. The van der Waals surface area contributed by atoms with Crippen molar-refractivity contribution < 1.29 is 10.2 Å². The molecule has 6 N–H and O–H groups in total. The number of nitrogen functional groups attached to an aromatic ring is 1. The molecule has 2 unspecified atom stereocenters. The van der Waals surface area contributed by atoms with E-state index in [-0.39, 0.29) is 25.3 Å². The quantitative estimate of drug-likeness (QED) is 0.567. The molecule has 0 aromatic heterocycles. The Kier molecular flexibility index (Phi) is 4.06. The fourth-order valence-electron chi connectivity index (χ4n) is 2.59. The summed E-state index contributed by atoms with van der Waals surface area (Å²) in [5, 5.41) is 18.4. The standard InChI is InChI=1S/C13H21N3O2/c14-11-4-3-10(6-9(11)7-17)16-5-1-2-13(16)12(15)8-18/h3-4,6,12-13,17-18H,1-2,5,7-8,14-15H2. The molecule has 0 spiro atoms. The van der Waals surface area contributed by atoms with Crippen LogP contribution in [0.4, 0.5) is 11.4 Å². The average molecular weight is 251 g/mol. The Balaban J connectivity index is 2.24. The number of benzene rings is 1. The van der Waals surface area contributed by atoms with Gasteiger partial charge in [-0.05, 0) is 31.0 Å². The molecule has 1 saturated heterocycles. The van der Waals surface area contributed by atoms with E-state index in [1.54, 1.807) is 6.07 Å². The van der Waals surface area contributed by atoms with Crippen LogP contribution in [0, 0.1) is 0 Å². The molecular formula is C13H21N3O2. The Hall–Kier alpha value is -1.30. The third-order valence-electron chi connectivity index (χ3n) is 3.63. The SMILES string of the molecule is Nc1ccc(N2CCCC2C(N)CO)cc1CO. The molecule has 1 fully saturated rings. The first-order valence-corrected chi connectivity index (χ1v) is 6.29. The lowest BCUT2D eigenvalue weighted by molar-refractivity contribution is 0.249. The smallest absolute Gasteiger partial charge is 0.0702 e. The van der Waals surface area contributed by atoms with E-state index in [0.29, 0.717) is 5.69 Å². The highest BCUT2D eigenvalue weighted by molar-refractivity contribution is 5.59. The molecule has 5 nitrogen and oxygen atoms in total. The van der Waals surface area contributed by atoms with Crippen LogP contribution < -0.4 is 16.4 Å². The van der Waals surface area contributed by atoms with E-state index >= 15 is 0 Å². The van der Waals surface area contributed by atoms with Gasteiger partial charge >= 0.3 is 0 Å². The van der Waals surface area contributed by atoms with Gasteiger partial charge in [0.1, 0.15) is 0 Å². The largest absolute Gasteiger partial charge is 0.398 e. The molecular weight excluding hydrogens is 230 g/mol. The van der Waals surface area contributed by atoms with Crippen LogP contribution in [0.5, 0.6) is 0 Å². The fraction of sp³-hybridized carbons (Fsp3) is 0.538. The van der Waals surface area contributed by atoms with Gasteiger partial charge < -0.3 is 26.6 Å². The third kappa shape index (κ3) is 2.43. The van der Waals surface area contributed by atoms with Gasteiger partial charge in [-0.1, -0.05) is 0 Å². The highest BCUT2D eigenvalue weighted by Gasteiger charge is 2.29. The van der Waals surface area contributed by atoms with Gasteiger partial charge in [0.15, 0.2) is 0 Å². The van der Waals surface area contributed by atoms with Crippen LogP contribution in [-0.4, -0.2) is 35.4 Å². The number of hydrogen-bond donors (Lipinski definition) is 4. The van der Waals surface area contributed by atoms with Gasteiger partial charge in [0.2, 0.25) is 0 Å². The number of aliphatic hydroxyl groups excluding tert-OH is 2. The summed E-state index contributed by atoms with van der Waals surface area (Å²) in [6.45, 7) is 0.848. The Bertz CT molecular complexity index is 411. The zero-order valence-electron chi connectivity index (χ0n) is 10.4. The predicted octanol–water partition coefficient (Wildman–Crippen LogP) is 0.0495. The van der Waals surface area contributed by atoms with E-state index < -0.39 is 0 Å². The topological polar surface area (TPSA) is 95.7 Å². The van der Waals surface area contributed by atoms with Crippen LogP contribution in [0.2, 0.25) is 0 Å². The van der Waals surface area contributed by atoms with Gasteiger partial charge in [-0.3, -0.25) is 0 Å². The summed E-state index contributed by atoms with van der Waals surface area (Å²) in [6.07, 6.45) is 2.05. The van der Waals surface area contributed by atoms with Crippen LogP contribution >= 0.6 is 0 Å². The molecule has 0 radical (unpaired) electrons. The van der Waals surface area contributed by atoms with E-state index in [4.69, 9.17) is 11.5 Å². The lowest BCUT2D eigenvalue weighted by Gasteiger charge is -2.30. The van der Waals surface area contributed by atoms with E-state index in [1.807, 2.05) is 12.1 Å². The van der Waals surface area contributed by atoms with Crippen molar-refractivity contribution in [3.8, 4) is 0 Å². The molecule has 2 atom stereocenters. The van der Waals surface area contributed by atoms with Crippen molar-refractivity contribution in [2.75, 3.05) is 23.8 Å². The van der Waals surface area contributed by atoms with Crippen LogP contribution in [0.1, 0.15) is 18.4 Å². The number of nitrogens with two attached hydrogens (primary N) is 2. The van der Waals surface area contributed by atoms with Crippen molar-refractivity contribution >= 4 is 11.4 Å². The fourth-order valence-corrected chi connectivity index (χ4v) is 2.59. The summed E-state index contributed by atoms with van der Waals surface area (Å²) in [7, 11) is 0. The molecule has 1 aromatic rings. The Morgan fingerprint density at radius 3 is 2.83 bits per heavy atom. The minimum absolute atomic E-state index is 0.0109. The molecule has 0 bridgehead atoms. The van der Waals surface area contributed by atoms with Crippen LogP contribution in [0.15, 0.2) is 18.2 Å². The van der Waals surface area contributed by atoms with Gasteiger partial charge in [-0.15, -0.1) is 0 Å². The molecule has 0 amide bonds. The average Bonchev–Trinajstić information content (AvgIpc) is 2.87. The maximum absolute atomic E-state index is 9.24. The van der Waals surface area contributed by atoms with Crippen molar-refractivity contribution in [2.24, 2.45) is 5.73 Å². The summed E-state index contributed by atoms with van der Waals surface area (Å²) in [5.74, 6) is 0. The number of aliphatic hydroxyl groups is 2. The summed E-state index contributed by atoms with van der Waals surface area (Å²) in [4.78, 5) is 2.19. The van der Waals surface area contributed by atoms with Gasteiger partial charge in [-0.25, -0.2) is 0 Å². The van der Waals surface area contributed by atoms with Gasteiger partial charge in [0.25, 0.3) is 0 Å². The second-order valence-corrected chi connectivity index (χ2v) is 4.79. The Labute approximate surface area is 107 Å². The third-order valence-corrected chi connectivity index (χ3v) is 3.63. The Morgan fingerprint density at radius 2 is 2.17 bits per heavy atom. The minimum Gasteiger partial charge on any atom is -0.398 e. The lowest BCUT2D eigenvalue weighted by atomic mass is 10.1. The zero-order valence-corrected chi connectivity index (χ0v) is 10.4. The second-order valence-electron chi connectivity index (χ2n) is 4.79. The maximum Gasteiger partial charge on any atom is 0.0702 e. The van der Waals surface area contributed by atoms with Crippen molar-refractivity contribution in [3.05, 3.63) is 23.8 Å². The molecule has 0 aliphatic carbocycles. The Morgan fingerprint density at radius 1 is 1.39 bits per heavy atom. The van der Waals surface area contributed by atoms with Crippen molar-refractivity contribution in [1.29, 1.82) is 0 Å². The maximum atomic E-state index is 9.24. The first-order chi connectivity index (χ1) is 8.67. The molecule has 1 heterocycles. The minimum atomic E-state index is -0.234. The van der Waals surface area contributed by atoms with Crippen molar-refractivity contribution in [1.82, 2.24) is 0 Å². The van der Waals surface area contributed by atoms with Gasteiger partial charge in [-0.2, -0.15) is 0 Å². The van der Waals surface area contributed by atoms with E-state index in [0.717, 1.165) is 30.6 Å². The highest BCUT2D eigenvalue weighted by atomic mass is 16.3. The number of hydrogen-bond acceptors (Lipinski definition) is 5. The second kappa shape index (κ2) is 5.56. The molecule has 5 heteroatoms. The van der Waals surface area contributed by atoms with E-state index in [9.17, 15) is 10.2 Å². The first-order valence-electron chi connectivity index (χ1n) is 6.29. The lowest BCUT2D eigenvalue weighted by Crippen LogP contribution is -2.46. The molecule has 1 aliphatic heterocycles. The summed E-state index contributed by atoms with van der Waals surface area (Å²) >= 11 is 0. The van der Waals surface area contributed by atoms with Gasteiger partial charge in [0.05, 0.1) is 13.2 Å². The summed E-state index contributed by atoms with van der Waals surface area (Å²) in [5.41, 5.74) is 14.1. The molecule has 100 valence electrons. The first kappa shape index (κ1) is 13.1. The van der Waals surface area contributed by atoms with E-state index in [2.05, 4.69) is 4.90 Å². The van der Waals surface area contributed by atoms with Crippen LogP contribution in [0.25, 0.3) is 0 Å². The predicted molar refractivity (Wildman–Crippen MR) is 72.2 cm³/mol. The molecule has 1 aliphatic rings. The molecule has 0 saturated carbocycles. The van der Waals surface area contributed by atoms with Crippen molar-refractivity contribution in [3.63, 3.8) is 0 Å².